The van der Waals surface area contributed by atoms with Crippen molar-refractivity contribution < 1.29 is 18.9 Å². The number of hydrogen-bond donors (Lipinski definition) is 3. The van der Waals surface area contributed by atoms with Crippen molar-refractivity contribution in [2.24, 2.45) is 13.0 Å². The maximum atomic E-state index is 13.4. The van der Waals surface area contributed by atoms with Crippen LogP contribution in [0.2, 0.25) is 0 Å². The second-order valence-corrected chi connectivity index (χ2v) is 18.6. The van der Waals surface area contributed by atoms with Crippen LogP contribution < -0.4 is 30.9 Å². The molecule has 0 saturated carbocycles. The van der Waals surface area contributed by atoms with E-state index in [0.717, 1.165) is 104 Å². The molecular formula is C48H56N12O5. The molecule has 3 saturated heterocycles. The molecule has 9 rings (SSSR count). The number of imide groups is 1. The minimum atomic E-state index is -0.440. The standard InChI is InChI=1S/C48H56N12O5/c1-29-25-32(7-13-36(29)30(2)50-43(62)44-53-46(55-65-44)48(3,4)5)41-37-26-38(51-42(37)45(63)56(6)54-41)33-8-14-39(49-27-33)59-23-21-57(22-24-59)28-31-15-18-58(19-16-31)34-9-11-35(12-10-34)60-20-17-40(61)52-47(60)64/h7-14,25-27,30-31,51H,15-24,28H2,1-6H3,(H,50,62)(H,52,61,64)/t30-/m1/s1. The number of carbonyl (C=O) groups excluding carboxylic acids is 3. The molecule has 2 aromatic carbocycles. The van der Waals surface area contributed by atoms with E-state index in [2.05, 4.69) is 64.7 Å². The number of anilines is 3. The number of fused-ring (bicyclic) bond motifs is 1. The van der Waals surface area contributed by atoms with Crippen LogP contribution in [0.1, 0.15) is 80.6 Å². The molecular weight excluding hydrogens is 825 g/mol. The van der Waals surface area contributed by atoms with Gasteiger partial charge in [-0.1, -0.05) is 38.1 Å². The van der Waals surface area contributed by atoms with Crippen molar-refractivity contribution in [3.63, 3.8) is 0 Å². The second-order valence-electron chi connectivity index (χ2n) is 18.6. The lowest BCUT2D eigenvalue weighted by Gasteiger charge is -2.39. The highest BCUT2D eigenvalue weighted by atomic mass is 16.5. The van der Waals surface area contributed by atoms with Crippen molar-refractivity contribution in [3.8, 4) is 22.5 Å². The van der Waals surface area contributed by atoms with Gasteiger partial charge in [0, 0.05) is 111 Å². The van der Waals surface area contributed by atoms with E-state index in [-0.39, 0.29) is 34.8 Å². The zero-order valence-electron chi connectivity index (χ0n) is 37.8. The number of carbonyl (C=O) groups is 3. The Bertz CT molecular complexity index is 2790. The normalized spacial score (nSPS) is 17.2. The summed E-state index contributed by atoms with van der Waals surface area (Å²) in [5, 5.41) is 14.7. The van der Waals surface area contributed by atoms with Gasteiger partial charge < -0.3 is 24.6 Å². The zero-order valence-corrected chi connectivity index (χ0v) is 37.8. The van der Waals surface area contributed by atoms with Crippen molar-refractivity contribution in [1.82, 2.24) is 45.4 Å². The summed E-state index contributed by atoms with van der Waals surface area (Å²) >= 11 is 0. The summed E-state index contributed by atoms with van der Waals surface area (Å²) < 4.78 is 6.60. The lowest BCUT2D eigenvalue weighted by molar-refractivity contribution is -0.120. The average Bonchev–Trinajstić information content (AvgIpc) is 3.99. The van der Waals surface area contributed by atoms with Gasteiger partial charge in [-0.25, -0.2) is 14.5 Å². The number of nitrogens with zero attached hydrogens (tertiary/aromatic N) is 9. The number of H-pyrrole nitrogens is 1. The van der Waals surface area contributed by atoms with Gasteiger partial charge in [0.25, 0.3) is 5.56 Å². The number of hydrogen-bond acceptors (Lipinski definition) is 12. The molecule has 65 heavy (non-hydrogen) atoms. The fraction of sp³-hybridized carbons (Fsp3) is 0.417. The summed E-state index contributed by atoms with van der Waals surface area (Å²) in [5.41, 5.74) is 6.90. The summed E-state index contributed by atoms with van der Waals surface area (Å²) in [6, 6.07) is 19.4. The van der Waals surface area contributed by atoms with E-state index in [1.54, 1.807) is 11.9 Å². The minimum absolute atomic E-state index is 0.0745. The molecule has 0 unspecified atom stereocenters. The number of amides is 4. The Kier molecular flexibility index (Phi) is 11.7. The van der Waals surface area contributed by atoms with E-state index in [1.807, 2.05) is 77.2 Å². The predicted molar refractivity (Wildman–Crippen MR) is 249 cm³/mol. The third kappa shape index (κ3) is 9.10. The smallest absolute Gasteiger partial charge is 0.328 e. The Hall–Kier alpha value is -6.88. The molecule has 1 atom stereocenters. The van der Waals surface area contributed by atoms with E-state index >= 15 is 0 Å². The molecule has 4 aromatic heterocycles. The van der Waals surface area contributed by atoms with Crippen molar-refractivity contribution in [3.05, 3.63) is 100 Å². The van der Waals surface area contributed by atoms with Crippen LogP contribution in [-0.4, -0.2) is 105 Å². The van der Waals surface area contributed by atoms with Gasteiger partial charge in [0.1, 0.15) is 17.0 Å². The van der Waals surface area contributed by atoms with E-state index in [9.17, 15) is 19.2 Å². The van der Waals surface area contributed by atoms with Gasteiger partial charge in [-0.05, 0) is 92.3 Å². The Morgan fingerprint density at radius 1 is 0.892 bits per heavy atom. The summed E-state index contributed by atoms with van der Waals surface area (Å²) in [4.78, 5) is 71.6. The molecule has 338 valence electrons. The SMILES string of the molecule is Cc1cc(-c2nn(C)c(=O)c3[nH]c(-c4ccc(N5CCN(CC6CCN(c7ccc(N8CCC(=O)NC8=O)cc7)CC6)CC5)nc4)cc23)ccc1[C@@H](C)NC(=O)c1nc(C(C)(C)C)no1. The average molecular weight is 881 g/mol. The van der Waals surface area contributed by atoms with Crippen molar-refractivity contribution in [2.75, 3.05) is 67.1 Å². The van der Waals surface area contributed by atoms with Gasteiger partial charge in [-0.2, -0.15) is 10.1 Å². The summed E-state index contributed by atoms with van der Waals surface area (Å²) in [7, 11) is 1.65. The first-order valence-electron chi connectivity index (χ1n) is 22.4. The minimum Gasteiger partial charge on any atom is -0.372 e. The first-order chi connectivity index (χ1) is 31.2. The van der Waals surface area contributed by atoms with Crippen LogP contribution in [0.3, 0.4) is 0 Å². The maximum absolute atomic E-state index is 13.4. The Balaban J connectivity index is 0.794. The predicted octanol–water partition coefficient (Wildman–Crippen LogP) is 5.96. The molecule has 6 aromatic rings. The van der Waals surface area contributed by atoms with E-state index in [0.29, 0.717) is 41.3 Å². The van der Waals surface area contributed by atoms with Crippen LogP contribution in [0.5, 0.6) is 0 Å². The zero-order chi connectivity index (χ0) is 45.6. The van der Waals surface area contributed by atoms with Gasteiger partial charge in [-0.3, -0.25) is 29.5 Å². The molecule has 0 bridgehead atoms. The largest absolute Gasteiger partial charge is 0.372 e. The summed E-state index contributed by atoms with van der Waals surface area (Å²) in [6.07, 6.45) is 4.45. The molecule has 3 aliphatic heterocycles. The number of piperidine rings is 1. The van der Waals surface area contributed by atoms with Gasteiger partial charge in [-0.15, -0.1) is 0 Å². The van der Waals surface area contributed by atoms with Gasteiger partial charge in [0.15, 0.2) is 5.82 Å². The summed E-state index contributed by atoms with van der Waals surface area (Å²) in [6.45, 7) is 17.0. The lowest BCUT2D eigenvalue weighted by atomic mass is 9.95. The van der Waals surface area contributed by atoms with E-state index in [4.69, 9.17) is 14.6 Å². The number of pyridine rings is 1. The van der Waals surface area contributed by atoms with E-state index in [1.165, 1.54) is 4.68 Å². The Labute approximate surface area is 377 Å². The molecule has 4 amide bonds. The molecule has 17 heteroatoms. The molecule has 3 fully saturated rings. The topological polar surface area (TPSA) is 191 Å². The monoisotopic (exact) mass is 880 g/mol. The van der Waals surface area contributed by atoms with Gasteiger partial charge >= 0.3 is 17.8 Å². The van der Waals surface area contributed by atoms with Crippen LogP contribution in [0.25, 0.3) is 33.4 Å². The fourth-order valence-corrected chi connectivity index (χ4v) is 9.14. The number of aromatic nitrogens is 6. The number of rotatable bonds is 10. The highest BCUT2D eigenvalue weighted by molar-refractivity contribution is 6.05. The molecule has 3 N–H and O–H groups in total. The van der Waals surface area contributed by atoms with Crippen molar-refractivity contribution in [2.45, 2.75) is 65.3 Å². The number of benzene rings is 2. The van der Waals surface area contributed by atoms with Crippen molar-refractivity contribution in [1.29, 1.82) is 0 Å². The number of nitrogens with one attached hydrogen (secondary N) is 3. The van der Waals surface area contributed by atoms with Crippen LogP contribution >= 0.6 is 0 Å². The van der Waals surface area contributed by atoms with Gasteiger partial charge in [0.2, 0.25) is 5.91 Å². The number of urea groups is 1. The first-order valence-corrected chi connectivity index (χ1v) is 22.4. The molecule has 17 nitrogen and oxygen atoms in total. The van der Waals surface area contributed by atoms with Crippen molar-refractivity contribution >= 4 is 45.9 Å². The Morgan fingerprint density at radius 2 is 1.62 bits per heavy atom. The lowest BCUT2D eigenvalue weighted by Crippen LogP contribution is -2.49. The highest BCUT2D eigenvalue weighted by Gasteiger charge is 2.28. The highest BCUT2D eigenvalue weighted by Crippen LogP contribution is 2.33. The van der Waals surface area contributed by atoms with Gasteiger partial charge in [0.05, 0.1) is 6.04 Å². The van der Waals surface area contributed by atoms with Crippen LogP contribution in [0.15, 0.2) is 76.2 Å². The molecule has 7 heterocycles. The fourth-order valence-electron chi connectivity index (χ4n) is 9.14. The molecule has 0 aliphatic carbocycles. The number of piperazine rings is 1. The van der Waals surface area contributed by atoms with E-state index < -0.39 is 5.91 Å². The molecule has 0 radical (unpaired) electrons. The van der Waals surface area contributed by atoms with Crippen LogP contribution in [0, 0.1) is 12.8 Å². The van der Waals surface area contributed by atoms with Crippen LogP contribution in [-0.2, 0) is 17.3 Å². The quantitative estimate of drug-likeness (QED) is 0.147. The third-order valence-electron chi connectivity index (χ3n) is 12.9. The first kappa shape index (κ1) is 43.4. The van der Waals surface area contributed by atoms with Crippen LogP contribution in [0.4, 0.5) is 22.0 Å². The number of aromatic amines is 1. The molecule has 3 aliphatic rings. The Morgan fingerprint density at radius 3 is 2.28 bits per heavy atom. The maximum Gasteiger partial charge on any atom is 0.328 e. The summed E-state index contributed by atoms with van der Waals surface area (Å²) in [5.74, 6) is 1.30. The second kappa shape index (κ2) is 17.6. The molecule has 0 spiro atoms. The number of aryl methyl sites for hydroxylation is 2. The third-order valence-corrected chi connectivity index (χ3v) is 12.9.